The topological polar surface area (TPSA) is 47.0 Å². The smallest absolute Gasteiger partial charge is 0.224 e. The van der Waals surface area contributed by atoms with Crippen LogP contribution in [0.25, 0.3) is 0 Å². The first kappa shape index (κ1) is 15.2. The molecule has 2 aromatic rings. The first-order valence-electron chi connectivity index (χ1n) is 6.50. The summed E-state index contributed by atoms with van der Waals surface area (Å²) in [5, 5.41) is 2.89. The molecular formula is C15H17F2N3O. The highest BCUT2D eigenvalue weighted by molar-refractivity contribution is 5.40. The van der Waals surface area contributed by atoms with Crippen LogP contribution in [0.15, 0.2) is 24.3 Å². The van der Waals surface area contributed by atoms with Crippen molar-refractivity contribution in [1.29, 1.82) is 0 Å². The van der Waals surface area contributed by atoms with Crippen LogP contribution in [0.2, 0.25) is 0 Å². The Morgan fingerprint density at radius 3 is 2.48 bits per heavy atom. The van der Waals surface area contributed by atoms with Crippen molar-refractivity contribution in [3.05, 3.63) is 41.7 Å². The van der Waals surface area contributed by atoms with Crippen molar-refractivity contribution in [3.63, 3.8) is 0 Å². The number of aromatic nitrogens is 2. The van der Waals surface area contributed by atoms with Crippen molar-refractivity contribution in [2.45, 2.75) is 26.2 Å². The molecule has 2 rings (SSSR count). The SMILES string of the molecule is CNc1cc(Oc2cccc(F)c2F)nc(C(C)(C)C)n1. The Balaban J connectivity index is 2.42. The summed E-state index contributed by atoms with van der Waals surface area (Å²) in [7, 11) is 1.71. The number of hydrogen-bond donors (Lipinski definition) is 1. The number of benzene rings is 1. The van der Waals surface area contributed by atoms with E-state index in [-0.39, 0.29) is 17.0 Å². The van der Waals surface area contributed by atoms with Gasteiger partial charge in [0.1, 0.15) is 11.6 Å². The molecule has 1 aromatic carbocycles. The second-order valence-corrected chi connectivity index (χ2v) is 5.57. The van der Waals surface area contributed by atoms with Crippen LogP contribution < -0.4 is 10.1 Å². The van der Waals surface area contributed by atoms with Gasteiger partial charge >= 0.3 is 0 Å². The third-order valence-corrected chi connectivity index (χ3v) is 2.76. The fourth-order valence-corrected chi connectivity index (χ4v) is 1.62. The van der Waals surface area contributed by atoms with Crippen LogP contribution in [-0.4, -0.2) is 17.0 Å². The molecule has 0 saturated carbocycles. The third kappa shape index (κ3) is 3.45. The minimum Gasteiger partial charge on any atom is -0.436 e. The molecule has 0 spiro atoms. The van der Waals surface area contributed by atoms with E-state index < -0.39 is 11.6 Å². The third-order valence-electron chi connectivity index (χ3n) is 2.76. The normalized spacial score (nSPS) is 11.3. The molecule has 4 nitrogen and oxygen atoms in total. The van der Waals surface area contributed by atoms with Crippen LogP contribution in [-0.2, 0) is 5.41 Å². The van der Waals surface area contributed by atoms with Crippen LogP contribution >= 0.6 is 0 Å². The monoisotopic (exact) mass is 293 g/mol. The van der Waals surface area contributed by atoms with E-state index >= 15 is 0 Å². The fourth-order valence-electron chi connectivity index (χ4n) is 1.62. The lowest BCUT2D eigenvalue weighted by Crippen LogP contribution is -2.17. The van der Waals surface area contributed by atoms with Crippen LogP contribution in [0.4, 0.5) is 14.6 Å². The maximum Gasteiger partial charge on any atom is 0.224 e. The lowest BCUT2D eigenvalue weighted by molar-refractivity contribution is 0.399. The molecule has 0 radical (unpaired) electrons. The summed E-state index contributed by atoms with van der Waals surface area (Å²) in [6.07, 6.45) is 0. The maximum absolute atomic E-state index is 13.6. The van der Waals surface area contributed by atoms with Gasteiger partial charge in [-0.05, 0) is 12.1 Å². The average Bonchev–Trinajstić information content (AvgIpc) is 2.42. The quantitative estimate of drug-likeness (QED) is 0.932. The molecule has 1 heterocycles. The summed E-state index contributed by atoms with van der Waals surface area (Å²) < 4.78 is 32.2. The number of ether oxygens (including phenoxy) is 1. The van der Waals surface area contributed by atoms with Gasteiger partial charge in [0.15, 0.2) is 11.6 Å². The van der Waals surface area contributed by atoms with Gasteiger partial charge in [-0.3, -0.25) is 0 Å². The predicted octanol–water partition coefficient (Wildman–Crippen LogP) is 3.89. The highest BCUT2D eigenvalue weighted by atomic mass is 19.2. The van der Waals surface area contributed by atoms with Gasteiger partial charge in [0.2, 0.25) is 11.7 Å². The summed E-state index contributed by atoms with van der Waals surface area (Å²) in [6.45, 7) is 5.86. The highest BCUT2D eigenvalue weighted by Gasteiger charge is 2.20. The number of rotatable bonds is 3. The van der Waals surface area contributed by atoms with Gasteiger partial charge in [-0.2, -0.15) is 9.37 Å². The summed E-state index contributed by atoms with van der Waals surface area (Å²) in [6, 6.07) is 5.27. The molecular weight excluding hydrogens is 276 g/mol. The summed E-state index contributed by atoms with van der Waals surface area (Å²) >= 11 is 0. The Bertz CT molecular complexity index is 654. The Kier molecular flexibility index (Phi) is 4.06. The number of nitrogens with one attached hydrogen (secondary N) is 1. The minimum absolute atomic E-state index is 0.156. The standard InChI is InChI=1S/C15H17F2N3O/c1-15(2,3)14-19-11(18-4)8-12(20-14)21-10-7-5-6-9(16)13(10)17/h5-8H,1-4H3,(H,18,19,20). The molecule has 0 amide bonds. The van der Waals surface area contributed by atoms with Crippen LogP contribution in [0.3, 0.4) is 0 Å². The van der Waals surface area contributed by atoms with E-state index in [1.165, 1.54) is 18.2 Å². The minimum atomic E-state index is -1.04. The van der Waals surface area contributed by atoms with E-state index in [1.807, 2.05) is 20.8 Å². The van der Waals surface area contributed by atoms with Gasteiger partial charge in [0.05, 0.1) is 0 Å². The molecule has 0 bridgehead atoms. The van der Waals surface area contributed by atoms with E-state index in [0.29, 0.717) is 11.6 Å². The first-order valence-corrected chi connectivity index (χ1v) is 6.50. The Morgan fingerprint density at radius 1 is 1.14 bits per heavy atom. The van der Waals surface area contributed by atoms with E-state index in [2.05, 4.69) is 15.3 Å². The molecule has 1 aromatic heterocycles. The van der Waals surface area contributed by atoms with Crippen molar-refractivity contribution in [2.75, 3.05) is 12.4 Å². The highest BCUT2D eigenvalue weighted by Crippen LogP contribution is 2.28. The molecule has 0 unspecified atom stereocenters. The Labute approximate surface area is 122 Å². The molecule has 6 heteroatoms. The van der Waals surface area contributed by atoms with E-state index in [9.17, 15) is 8.78 Å². The van der Waals surface area contributed by atoms with Crippen LogP contribution in [0.1, 0.15) is 26.6 Å². The van der Waals surface area contributed by atoms with Gasteiger partial charge < -0.3 is 10.1 Å². The van der Waals surface area contributed by atoms with Crippen molar-refractivity contribution >= 4 is 5.82 Å². The largest absolute Gasteiger partial charge is 0.436 e. The molecule has 0 aliphatic carbocycles. The molecule has 0 aliphatic heterocycles. The van der Waals surface area contributed by atoms with Crippen molar-refractivity contribution in [2.24, 2.45) is 0 Å². The van der Waals surface area contributed by atoms with Gasteiger partial charge in [0.25, 0.3) is 0 Å². The van der Waals surface area contributed by atoms with Gasteiger partial charge in [-0.25, -0.2) is 9.37 Å². The van der Waals surface area contributed by atoms with Gasteiger partial charge in [-0.1, -0.05) is 26.8 Å². The zero-order chi connectivity index (χ0) is 15.6. The summed E-state index contributed by atoms with van der Waals surface area (Å²) in [5.41, 5.74) is -0.300. The van der Waals surface area contributed by atoms with Crippen molar-refractivity contribution < 1.29 is 13.5 Å². The van der Waals surface area contributed by atoms with Crippen LogP contribution in [0.5, 0.6) is 11.6 Å². The second kappa shape index (κ2) is 5.63. The summed E-state index contributed by atoms with van der Waals surface area (Å²) in [5.74, 6) is -0.979. The van der Waals surface area contributed by atoms with E-state index in [0.717, 1.165) is 6.07 Å². The van der Waals surface area contributed by atoms with Gasteiger partial charge in [0, 0.05) is 18.5 Å². The zero-order valence-electron chi connectivity index (χ0n) is 12.4. The lowest BCUT2D eigenvalue weighted by atomic mass is 9.96. The molecule has 112 valence electrons. The number of hydrogen-bond acceptors (Lipinski definition) is 4. The average molecular weight is 293 g/mol. The van der Waals surface area contributed by atoms with Crippen LogP contribution in [0, 0.1) is 11.6 Å². The molecule has 0 fully saturated rings. The predicted molar refractivity (Wildman–Crippen MR) is 76.7 cm³/mol. The van der Waals surface area contributed by atoms with Gasteiger partial charge in [-0.15, -0.1) is 0 Å². The molecule has 0 aliphatic rings. The van der Waals surface area contributed by atoms with Crippen molar-refractivity contribution in [3.8, 4) is 11.6 Å². The Hall–Kier alpha value is -2.24. The fraction of sp³-hybridized carbons (Fsp3) is 0.333. The summed E-state index contributed by atoms with van der Waals surface area (Å²) in [4.78, 5) is 8.59. The number of halogens is 2. The number of nitrogens with zero attached hydrogens (tertiary/aromatic N) is 2. The lowest BCUT2D eigenvalue weighted by Gasteiger charge is -2.18. The second-order valence-electron chi connectivity index (χ2n) is 5.57. The zero-order valence-corrected chi connectivity index (χ0v) is 12.4. The van der Waals surface area contributed by atoms with E-state index in [4.69, 9.17) is 4.74 Å². The molecule has 21 heavy (non-hydrogen) atoms. The van der Waals surface area contributed by atoms with E-state index in [1.54, 1.807) is 7.05 Å². The first-order chi connectivity index (χ1) is 9.81. The number of anilines is 1. The maximum atomic E-state index is 13.6. The molecule has 1 N–H and O–H groups in total. The molecule has 0 atom stereocenters. The Morgan fingerprint density at radius 2 is 1.86 bits per heavy atom. The molecule has 0 saturated heterocycles. The van der Waals surface area contributed by atoms with Crippen molar-refractivity contribution in [1.82, 2.24) is 9.97 Å².